The minimum Gasteiger partial charge on any atom is -0.497 e. The van der Waals surface area contributed by atoms with E-state index in [9.17, 15) is 14.4 Å². The number of nitrogens with one attached hydrogen (secondary N) is 2. The molecule has 0 saturated carbocycles. The van der Waals surface area contributed by atoms with Crippen molar-refractivity contribution in [1.82, 2.24) is 10.9 Å². The number of fused-ring (bicyclic) bond motifs is 1. The van der Waals surface area contributed by atoms with Gasteiger partial charge < -0.3 is 9.15 Å². The molecule has 0 saturated heterocycles. The van der Waals surface area contributed by atoms with Crippen molar-refractivity contribution in [2.75, 3.05) is 7.11 Å². The molecule has 1 aromatic heterocycles. The van der Waals surface area contributed by atoms with Gasteiger partial charge in [-0.2, -0.15) is 0 Å². The van der Waals surface area contributed by atoms with Crippen LogP contribution in [0.5, 0.6) is 5.75 Å². The van der Waals surface area contributed by atoms with Gasteiger partial charge in [-0.05, 0) is 36.6 Å². The number of carbonyl (C=O) groups is 2. The number of aryl methyl sites for hydroxylation is 1. The molecular weight excluding hydrogens is 372 g/mol. The van der Waals surface area contributed by atoms with Crippen LogP contribution in [-0.4, -0.2) is 18.9 Å². The summed E-state index contributed by atoms with van der Waals surface area (Å²) in [4.78, 5) is 36.3. The fourth-order valence-corrected chi connectivity index (χ4v) is 3.06. The maximum absolute atomic E-state index is 12.3. The van der Waals surface area contributed by atoms with Crippen LogP contribution in [0.2, 0.25) is 0 Å². The topological polar surface area (TPSA) is 97.6 Å². The van der Waals surface area contributed by atoms with E-state index in [0.29, 0.717) is 16.9 Å². The number of hydrogen-bond acceptors (Lipinski definition) is 5. The molecule has 7 nitrogen and oxygen atoms in total. The summed E-state index contributed by atoms with van der Waals surface area (Å²) in [5, 5.41) is 0.789. The van der Waals surface area contributed by atoms with E-state index in [-0.39, 0.29) is 31.1 Å². The summed E-state index contributed by atoms with van der Waals surface area (Å²) in [6, 6.07) is 14.5. The minimum atomic E-state index is -0.482. The molecule has 3 aromatic rings. The maximum Gasteiger partial charge on any atom is 0.339 e. The fourth-order valence-electron chi connectivity index (χ4n) is 3.06. The summed E-state index contributed by atoms with van der Waals surface area (Å²) in [6.45, 7) is 1.82. The van der Waals surface area contributed by atoms with Crippen LogP contribution < -0.4 is 21.2 Å². The summed E-state index contributed by atoms with van der Waals surface area (Å²) in [5.41, 5.74) is 6.77. The van der Waals surface area contributed by atoms with E-state index in [0.717, 1.165) is 16.5 Å². The zero-order valence-corrected chi connectivity index (χ0v) is 16.3. The zero-order valence-electron chi connectivity index (χ0n) is 16.3. The summed E-state index contributed by atoms with van der Waals surface area (Å²) < 4.78 is 10.5. The van der Waals surface area contributed by atoms with Crippen molar-refractivity contribution >= 4 is 22.8 Å². The van der Waals surface area contributed by atoms with Crippen LogP contribution in [0.3, 0.4) is 0 Å². The van der Waals surface area contributed by atoms with E-state index in [2.05, 4.69) is 10.9 Å². The Morgan fingerprint density at radius 3 is 2.48 bits per heavy atom. The lowest BCUT2D eigenvalue weighted by molar-refractivity contribution is -0.128. The second kappa shape index (κ2) is 9.05. The number of rotatable bonds is 6. The van der Waals surface area contributed by atoms with E-state index in [1.54, 1.807) is 12.1 Å². The van der Waals surface area contributed by atoms with Gasteiger partial charge >= 0.3 is 5.63 Å². The third-order valence-electron chi connectivity index (χ3n) is 4.65. The van der Waals surface area contributed by atoms with Crippen LogP contribution in [0, 0.1) is 6.92 Å². The van der Waals surface area contributed by atoms with Crippen LogP contribution in [0.1, 0.15) is 23.1 Å². The average Bonchev–Trinajstić information content (AvgIpc) is 2.72. The van der Waals surface area contributed by atoms with Crippen molar-refractivity contribution < 1.29 is 18.7 Å². The summed E-state index contributed by atoms with van der Waals surface area (Å²) >= 11 is 0. The molecule has 0 aliphatic carbocycles. The maximum atomic E-state index is 12.3. The molecule has 2 amide bonds. The predicted molar refractivity (Wildman–Crippen MR) is 109 cm³/mol. The highest BCUT2D eigenvalue weighted by molar-refractivity contribution is 5.84. The van der Waals surface area contributed by atoms with Crippen molar-refractivity contribution in [3.63, 3.8) is 0 Å². The van der Waals surface area contributed by atoms with Crippen LogP contribution in [0.15, 0.2) is 57.7 Å². The molecule has 0 atom stereocenters. The van der Waals surface area contributed by atoms with Gasteiger partial charge in [0.15, 0.2) is 0 Å². The number of amides is 2. The van der Waals surface area contributed by atoms with Crippen LogP contribution in [-0.2, 0) is 22.4 Å². The molecule has 3 rings (SSSR count). The second-order valence-corrected chi connectivity index (χ2v) is 6.61. The molecule has 29 heavy (non-hydrogen) atoms. The van der Waals surface area contributed by atoms with Crippen molar-refractivity contribution in [1.29, 1.82) is 0 Å². The third-order valence-corrected chi connectivity index (χ3v) is 4.65. The third kappa shape index (κ3) is 5.01. The Morgan fingerprint density at radius 1 is 1.03 bits per heavy atom. The van der Waals surface area contributed by atoms with Gasteiger partial charge in [-0.3, -0.25) is 20.4 Å². The molecule has 1 heterocycles. The molecule has 2 N–H and O–H groups in total. The molecule has 0 fully saturated rings. The Kier molecular flexibility index (Phi) is 6.29. The smallest absolute Gasteiger partial charge is 0.339 e. The van der Waals surface area contributed by atoms with Crippen LogP contribution in [0.25, 0.3) is 11.0 Å². The van der Waals surface area contributed by atoms with Gasteiger partial charge in [0.2, 0.25) is 11.8 Å². The molecule has 0 aliphatic rings. The van der Waals surface area contributed by atoms with Gasteiger partial charge in [-0.15, -0.1) is 0 Å². The minimum absolute atomic E-state index is 0.0406. The Hall–Kier alpha value is -3.61. The quantitative estimate of drug-likeness (QED) is 0.494. The average molecular weight is 394 g/mol. The van der Waals surface area contributed by atoms with Crippen LogP contribution >= 0.6 is 0 Å². The SMILES string of the molecule is COc1ccc2c(C)c(CCC(=O)NNC(=O)Cc3ccccc3)c(=O)oc2c1. The van der Waals surface area contributed by atoms with E-state index >= 15 is 0 Å². The van der Waals surface area contributed by atoms with Gasteiger partial charge in [0.1, 0.15) is 11.3 Å². The molecule has 0 unspecified atom stereocenters. The normalized spacial score (nSPS) is 10.6. The number of methoxy groups -OCH3 is 1. The van der Waals surface area contributed by atoms with Crippen molar-refractivity contribution in [2.45, 2.75) is 26.2 Å². The Bertz CT molecular complexity index is 1090. The summed E-state index contributed by atoms with van der Waals surface area (Å²) in [6.07, 6.45) is 0.410. The zero-order chi connectivity index (χ0) is 20.8. The van der Waals surface area contributed by atoms with E-state index < -0.39 is 5.63 Å². The molecule has 7 heteroatoms. The van der Waals surface area contributed by atoms with Gasteiger partial charge in [0, 0.05) is 23.4 Å². The van der Waals surface area contributed by atoms with E-state index in [1.807, 2.05) is 43.3 Å². The van der Waals surface area contributed by atoms with Gasteiger partial charge in [-0.25, -0.2) is 4.79 Å². The standard InChI is InChI=1S/C22H22N2O5/c1-14-17-9-8-16(28-2)13-19(17)29-22(27)18(14)10-11-20(25)23-24-21(26)12-15-6-4-3-5-7-15/h3-9,13H,10-12H2,1-2H3,(H,23,25)(H,24,26). The number of benzene rings is 2. The first kappa shape index (κ1) is 20.1. The van der Waals surface area contributed by atoms with Gasteiger partial charge in [-0.1, -0.05) is 30.3 Å². The predicted octanol–water partition coefficient (Wildman–Crippen LogP) is 2.43. The highest BCUT2D eigenvalue weighted by Gasteiger charge is 2.14. The highest BCUT2D eigenvalue weighted by Crippen LogP contribution is 2.24. The molecule has 150 valence electrons. The molecular formula is C22H22N2O5. The Morgan fingerprint density at radius 2 is 1.76 bits per heavy atom. The number of ether oxygens (including phenoxy) is 1. The molecule has 0 radical (unpaired) electrons. The lowest BCUT2D eigenvalue weighted by Gasteiger charge is -2.10. The van der Waals surface area contributed by atoms with E-state index in [1.165, 1.54) is 7.11 Å². The molecule has 0 aliphatic heterocycles. The van der Waals surface area contributed by atoms with E-state index in [4.69, 9.17) is 9.15 Å². The fraction of sp³-hybridized carbons (Fsp3) is 0.227. The second-order valence-electron chi connectivity index (χ2n) is 6.61. The summed E-state index contributed by atoms with van der Waals surface area (Å²) in [5.74, 6) is -0.113. The first-order valence-electron chi connectivity index (χ1n) is 9.20. The Balaban J connectivity index is 1.59. The highest BCUT2D eigenvalue weighted by atomic mass is 16.5. The first-order valence-corrected chi connectivity index (χ1v) is 9.20. The lowest BCUT2D eigenvalue weighted by atomic mass is 10.0. The first-order chi connectivity index (χ1) is 14.0. The molecule has 2 aromatic carbocycles. The summed E-state index contributed by atoms with van der Waals surface area (Å²) in [7, 11) is 1.54. The Labute approximate surface area is 167 Å². The molecule has 0 bridgehead atoms. The van der Waals surface area contributed by atoms with Gasteiger partial charge in [0.25, 0.3) is 0 Å². The molecule has 0 spiro atoms. The number of carbonyl (C=O) groups excluding carboxylic acids is 2. The monoisotopic (exact) mass is 394 g/mol. The number of hydrazine groups is 1. The number of hydrogen-bond donors (Lipinski definition) is 2. The van der Waals surface area contributed by atoms with Crippen molar-refractivity contribution in [2.24, 2.45) is 0 Å². The lowest BCUT2D eigenvalue weighted by Crippen LogP contribution is -2.42. The van der Waals surface area contributed by atoms with Crippen LogP contribution in [0.4, 0.5) is 0 Å². The van der Waals surface area contributed by atoms with Crippen molar-refractivity contribution in [3.8, 4) is 5.75 Å². The van der Waals surface area contributed by atoms with Gasteiger partial charge in [0.05, 0.1) is 13.5 Å². The van der Waals surface area contributed by atoms with Crippen molar-refractivity contribution in [3.05, 3.63) is 75.6 Å². The largest absolute Gasteiger partial charge is 0.497 e.